The summed E-state index contributed by atoms with van der Waals surface area (Å²) in [5.74, 6) is 1.76. The topological polar surface area (TPSA) is 54.5 Å². The zero-order chi connectivity index (χ0) is 20.2. The SMILES string of the molecule is CC(C)Oc1ccc(CN2CCC[C@H]([C@H](NC(=O)C3CC3)c3nccs3)C2)cc1. The maximum atomic E-state index is 12.5. The quantitative estimate of drug-likeness (QED) is 0.696. The summed E-state index contributed by atoms with van der Waals surface area (Å²) < 4.78 is 5.75. The Morgan fingerprint density at radius 1 is 1.28 bits per heavy atom. The second-order valence-corrected chi connectivity index (χ2v) is 9.50. The number of amides is 1. The van der Waals surface area contributed by atoms with Crippen LogP contribution in [0.25, 0.3) is 0 Å². The van der Waals surface area contributed by atoms with E-state index in [1.807, 2.05) is 25.4 Å². The largest absolute Gasteiger partial charge is 0.491 e. The Balaban J connectivity index is 1.40. The molecule has 1 aromatic heterocycles. The molecule has 0 spiro atoms. The molecule has 0 bridgehead atoms. The molecule has 1 aliphatic carbocycles. The molecule has 1 saturated heterocycles. The standard InChI is InChI=1S/C23H31N3O2S/c1-16(2)28-20-9-5-17(6-10-20)14-26-12-3-4-19(15-26)21(23-24-11-13-29-23)25-22(27)18-7-8-18/h5-6,9-11,13,16,18-19,21H,3-4,7-8,12,14-15H2,1-2H3,(H,25,27)/t19-,21-/m0/s1. The normalized spacial score (nSPS) is 21.1. The number of benzene rings is 1. The smallest absolute Gasteiger partial charge is 0.223 e. The third kappa shape index (κ3) is 5.58. The monoisotopic (exact) mass is 413 g/mol. The van der Waals surface area contributed by atoms with Crippen LogP contribution in [0.4, 0.5) is 0 Å². The number of carbonyl (C=O) groups is 1. The molecule has 29 heavy (non-hydrogen) atoms. The van der Waals surface area contributed by atoms with Crippen molar-refractivity contribution in [3.63, 3.8) is 0 Å². The van der Waals surface area contributed by atoms with Gasteiger partial charge in [0.1, 0.15) is 10.8 Å². The van der Waals surface area contributed by atoms with Crippen molar-refractivity contribution in [1.82, 2.24) is 15.2 Å². The average molecular weight is 414 g/mol. The van der Waals surface area contributed by atoms with Crippen LogP contribution < -0.4 is 10.1 Å². The maximum Gasteiger partial charge on any atom is 0.223 e. The number of piperidine rings is 1. The average Bonchev–Trinajstić information content (AvgIpc) is 3.42. The van der Waals surface area contributed by atoms with E-state index in [2.05, 4.69) is 39.5 Å². The van der Waals surface area contributed by atoms with Crippen LogP contribution in [0.15, 0.2) is 35.8 Å². The molecular weight excluding hydrogens is 382 g/mol. The molecule has 0 radical (unpaired) electrons. The number of carbonyl (C=O) groups excluding carboxylic acids is 1. The molecule has 2 aromatic rings. The maximum absolute atomic E-state index is 12.5. The van der Waals surface area contributed by atoms with E-state index in [0.29, 0.717) is 5.92 Å². The molecule has 5 nitrogen and oxygen atoms in total. The van der Waals surface area contributed by atoms with Gasteiger partial charge >= 0.3 is 0 Å². The molecule has 2 aliphatic rings. The molecule has 1 saturated carbocycles. The molecule has 156 valence electrons. The van der Waals surface area contributed by atoms with Gasteiger partial charge in [0.2, 0.25) is 5.91 Å². The van der Waals surface area contributed by atoms with E-state index in [-0.39, 0.29) is 24.0 Å². The third-order valence-electron chi connectivity index (χ3n) is 5.68. The van der Waals surface area contributed by atoms with Gasteiger partial charge in [-0.3, -0.25) is 9.69 Å². The van der Waals surface area contributed by atoms with Gasteiger partial charge in [-0.1, -0.05) is 12.1 Å². The molecule has 1 aromatic carbocycles. The number of hydrogen-bond donors (Lipinski definition) is 1. The summed E-state index contributed by atoms with van der Waals surface area (Å²) in [6.45, 7) is 7.10. The number of hydrogen-bond acceptors (Lipinski definition) is 5. The fraction of sp³-hybridized carbons (Fsp3) is 0.565. The van der Waals surface area contributed by atoms with Gasteiger partial charge in [-0.15, -0.1) is 11.3 Å². The van der Waals surface area contributed by atoms with Crippen LogP contribution in [-0.4, -0.2) is 35.0 Å². The van der Waals surface area contributed by atoms with Crippen molar-refractivity contribution in [2.24, 2.45) is 11.8 Å². The van der Waals surface area contributed by atoms with Crippen LogP contribution >= 0.6 is 11.3 Å². The van der Waals surface area contributed by atoms with Crippen molar-refractivity contribution < 1.29 is 9.53 Å². The second kappa shape index (κ2) is 9.26. The Labute approximate surface area is 177 Å². The van der Waals surface area contributed by atoms with Gasteiger partial charge in [0, 0.05) is 30.6 Å². The minimum Gasteiger partial charge on any atom is -0.491 e. The molecule has 2 fully saturated rings. The lowest BCUT2D eigenvalue weighted by Crippen LogP contribution is -2.43. The summed E-state index contributed by atoms with van der Waals surface area (Å²) in [6, 6.07) is 8.48. The molecule has 1 aliphatic heterocycles. The zero-order valence-electron chi connectivity index (χ0n) is 17.3. The van der Waals surface area contributed by atoms with Crippen molar-refractivity contribution >= 4 is 17.2 Å². The molecule has 6 heteroatoms. The predicted molar refractivity (Wildman–Crippen MR) is 116 cm³/mol. The number of nitrogens with zero attached hydrogens (tertiary/aromatic N) is 2. The van der Waals surface area contributed by atoms with Gasteiger partial charge < -0.3 is 10.1 Å². The lowest BCUT2D eigenvalue weighted by Gasteiger charge is -2.36. The molecule has 2 heterocycles. The van der Waals surface area contributed by atoms with E-state index in [1.54, 1.807) is 11.3 Å². The number of ether oxygens (including phenoxy) is 1. The van der Waals surface area contributed by atoms with E-state index in [9.17, 15) is 4.79 Å². The molecule has 1 N–H and O–H groups in total. The Bertz CT molecular complexity index is 787. The summed E-state index contributed by atoms with van der Waals surface area (Å²) in [4.78, 5) is 19.5. The highest BCUT2D eigenvalue weighted by atomic mass is 32.1. The van der Waals surface area contributed by atoms with E-state index in [1.165, 1.54) is 5.56 Å². The van der Waals surface area contributed by atoms with Crippen molar-refractivity contribution in [2.45, 2.75) is 58.2 Å². The summed E-state index contributed by atoms with van der Waals surface area (Å²) in [5, 5.41) is 6.38. The summed E-state index contributed by atoms with van der Waals surface area (Å²) in [7, 11) is 0. The van der Waals surface area contributed by atoms with E-state index in [4.69, 9.17) is 4.74 Å². The molecule has 4 rings (SSSR count). The van der Waals surface area contributed by atoms with Crippen molar-refractivity contribution in [1.29, 1.82) is 0 Å². The van der Waals surface area contributed by atoms with Gasteiger partial charge in [-0.2, -0.15) is 0 Å². The minimum atomic E-state index is 0.0349. The van der Waals surface area contributed by atoms with Crippen LogP contribution in [-0.2, 0) is 11.3 Å². The van der Waals surface area contributed by atoms with E-state index < -0.39 is 0 Å². The first-order valence-corrected chi connectivity index (χ1v) is 11.6. The first-order chi connectivity index (χ1) is 14.1. The highest BCUT2D eigenvalue weighted by molar-refractivity contribution is 7.09. The number of thiazole rings is 1. The Hall–Kier alpha value is -1.92. The second-order valence-electron chi connectivity index (χ2n) is 8.58. The lowest BCUT2D eigenvalue weighted by molar-refractivity contribution is -0.123. The molecule has 0 unspecified atom stereocenters. The van der Waals surface area contributed by atoms with E-state index >= 15 is 0 Å². The van der Waals surface area contributed by atoms with Gasteiger partial charge in [0.05, 0.1) is 12.1 Å². The highest BCUT2D eigenvalue weighted by Gasteiger charge is 2.35. The van der Waals surface area contributed by atoms with E-state index in [0.717, 1.165) is 56.1 Å². The highest BCUT2D eigenvalue weighted by Crippen LogP contribution is 2.34. The van der Waals surface area contributed by atoms with Crippen LogP contribution in [0, 0.1) is 11.8 Å². The van der Waals surface area contributed by atoms with Crippen LogP contribution in [0.1, 0.15) is 56.1 Å². The fourth-order valence-corrected chi connectivity index (χ4v) is 4.88. The van der Waals surface area contributed by atoms with Crippen molar-refractivity contribution in [2.75, 3.05) is 13.1 Å². The zero-order valence-corrected chi connectivity index (χ0v) is 18.2. The number of nitrogens with one attached hydrogen (secondary N) is 1. The Kier molecular flexibility index (Phi) is 6.50. The third-order valence-corrected chi connectivity index (χ3v) is 6.54. The Morgan fingerprint density at radius 2 is 2.07 bits per heavy atom. The number of aromatic nitrogens is 1. The Morgan fingerprint density at radius 3 is 2.72 bits per heavy atom. The van der Waals surface area contributed by atoms with Crippen molar-refractivity contribution in [3.8, 4) is 5.75 Å². The van der Waals surface area contributed by atoms with Gasteiger partial charge in [-0.05, 0) is 69.7 Å². The molecule has 2 atom stereocenters. The first-order valence-electron chi connectivity index (χ1n) is 10.8. The van der Waals surface area contributed by atoms with Crippen LogP contribution in [0.2, 0.25) is 0 Å². The number of likely N-dealkylation sites (tertiary alicyclic amines) is 1. The minimum absolute atomic E-state index is 0.0349. The van der Waals surface area contributed by atoms with Crippen LogP contribution in [0.5, 0.6) is 5.75 Å². The van der Waals surface area contributed by atoms with Gasteiger partial charge in [-0.25, -0.2) is 4.98 Å². The van der Waals surface area contributed by atoms with Crippen molar-refractivity contribution in [3.05, 3.63) is 46.4 Å². The first kappa shape index (κ1) is 20.4. The summed E-state index contributed by atoms with van der Waals surface area (Å²) in [6.07, 6.45) is 6.38. The van der Waals surface area contributed by atoms with Crippen LogP contribution in [0.3, 0.4) is 0 Å². The molecular formula is C23H31N3O2S. The summed E-state index contributed by atoms with van der Waals surface area (Å²) >= 11 is 1.65. The predicted octanol–water partition coefficient (Wildman–Crippen LogP) is 4.41. The number of rotatable bonds is 8. The summed E-state index contributed by atoms with van der Waals surface area (Å²) in [5.41, 5.74) is 1.30. The van der Waals surface area contributed by atoms with Gasteiger partial charge in [0.25, 0.3) is 0 Å². The van der Waals surface area contributed by atoms with Gasteiger partial charge in [0.15, 0.2) is 0 Å². The lowest BCUT2D eigenvalue weighted by atomic mass is 9.90. The fourth-order valence-electron chi connectivity index (χ4n) is 4.10. The molecule has 1 amide bonds.